The number of nitrogens with zero attached hydrogens (tertiary/aromatic N) is 1. The van der Waals surface area contributed by atoms with E-state index in [-0.39, 0.29) is 60.0 Å². The number of hydrogen-bond acceptors (Lipinski definition) is 10. The van der Waals surface area contributed by atoms with Crippen LogP contribution >= 0.6 is 0 Å². The van der Waals surface area contributed by atoms with E-state index < -0.39 is 53.5 Å². The lowest BCUT2D eigenvalue weighted by Gasteiger charge is -2.59. The van der Waals surface area contributed by atoms with E-state index in [1.54, 1.807) is 38.1 Å². The average molecular weight is 810 g/mol. The van der Waals surface area contributed by atoms with Gasteiger partial charge in [0.05, 0.1) is 18.8 Å². The van der Waals surface area contributed by atoms with Crippen molar-refractivity contribution in [1.29, 1.82) is 0 Å². The van der Waals surface area contributed by atoms with Crippen LogP contribution in [0.4, 0.5) is 5.69 Å². The van der Waals surface area contributed by atoms with E-state index in [0.29, 0.717) is 24.9 Å². The van der Waals surface area contributed by atoms with E-state index in [1.165, 1.54) is 0 Å². The van der Waals surface area contributed by atoms with Gasteiger partial charge in [-0.3, -0.25) is 28.9 Å². The Morgan fingerprint density at radius 3 is 2.49 bits per heavy atom. The van der Waals surface area contributed by atoms with Gasteiger partial charge < -0.3 is 30.0 Å². The zero-order chi connectivity index (χ0) is 42.4. The number of carbonyl (C=O) groups is 5. The first-order valence-corrected chi connectivity index (χ1v) is 21.1. The van der Waals surface area contributed by atoms with E-state index in [1.807, 2.05) is 75.4 Å². The molecule has 11 atom stereocenters. The number of fused-ring (bicyclic) bond motifs is 7. The molecule has 2 amide bonds. The molecule has 12 heteroatoms. The Hall–Kier alpha value is -4.49. The predicted molar refractivity (Wildman–Crippen MR) is 221 cm³/mol. The van der Waals surface area contributed by atoms with Gasteiger partial charge in [-0.2, -0.15) is 0 Å². The Bertz CT molecular complexity index is 2040. The molecule has 1 aliphatic heterocycles. The molecule has 3 saturated carbocycles. The molecule has 2 aromatic rings. The lowest BCUT2D eigenvalue weighted by Crippen LogP contribution is -2.63. The number of ketones is 2. The molecule has 0 radical (unpaired) electrons. The molecule has 0 spiro atoms. The maximum Gasteiger partial charge on any atom is 0.320 e. The van der Waals surface area contributed by atoms with Gasteiger partial charge in [-0.25, -0.2) is 0 Å². The van der Waals surface area contributed by atoms with Crippen LogP contribution in [0.25, 0.3) is 0 Å². The summed E-state index contributed by atoms with van der Waals surface area (Å²) >= 11 is 0. The molecular weight excluding hydrogens is 751 g/mol. The Balaban J connectivity index is 1.09. The molecule has 3 N–H and O–H groups in total. The molecule has 0 aromatic heterocycles. The first-order chi connectivity index (χ1) is 28.0. The van der Waals surface area contributed by atoms with Crippen molar-refractivity contribution < 1.29 is 43.3 Å². The Labute approximate surface area is 347 Å². The molecule has 2 aromatic carbocycles. The van der Waals surface area contributed by atoms with Gasteiger partial charge in [0.2, 0.25) is 17.6 Å². The van der Waals surface area contributed by atoms with Crippen LogP contribution in [0.1, 0.15) is 89.7 Å². The second-order valence-corrected chi connectivity index (χ2v) is 18.2. The monoisotopic (exact) mass is 809 g/mol. The average Bonchev–Trinajstić information content (AvgIpc) is 3.69. The maximum absolute atomic E-state index is 14.7. The number of anilines is 1. The molecule has 5 aliphatic rings. The fraction of sp³-hybridized carbons (Fsp3) is 0.553. The van der Waals surface area contributed by atoms with Crippen molar-refractivity contribution in [3.05, 3.63) is 89.0 Å². The van der Waals surface area contributed by atoms with Gasteiger partial charge >= 0.3 is 5.97 Å². The summed E-state index contributed by atoms with van der Waals surface area (Å²) in [6.45, 7) is 9.15. The van der Waals surface area contributed by atoms with Crippen molar-refractivity contribution in [2.45, 2.75) is 103 Å². The third-order valence-corrected chi connectivity index (χ3v) is 14.1. The van der Waals surface area contributed by atoms with E-state index in [4.69, 9.17) is 14.2 Å². The van der Waals surface area contributed by atoms with E-state index in [2.05, 4.69) is 17.6 Å². The number of amides is 2. The number of ether oxygens (including phenoxy) is 3. The SMILES string of the molecule is CC[C@@H](C)C(=O)N[C@@H](C)C(=O)Nc1cccc(Cc2ccc([C@@H]3O[C@@H]4C[C@H]5[C@@H]6CCC7=CC(=O)C=C[C@]7(C)[C@H]6[C@@H](O)C[C@]5(C)[C@]4(C(=O)COC(=O)CN(C)C)O3)cc2)c1. The van der Waals surface area contributed by atoms with Crippen LogP contribution in [0.15, 0.2) is 72.3 Å². The number of likely N-dealkylation sites (N-methyl/N-ethyl adjacent to an activating group) is 1. The van der Waals surface area contributed by atoms with Crippen LogP contribution < -0.4 is 10.6 Å². The quantitative estimate of drug-likeness (QED) is 0.221. The zero-order valence-corrected chi connectivity index (χ0v) is 35.3. The highest BCUT2D eigenvalue weighted by molar-refractivity contribution is 6.01. The second kappa shape index (κ2) is 16.5. The van der Waals surface area contributed by atoms with Crippen molar-refractivity contribution in [2.24, 2.45) is 34.5 Å². The molecular formula is C47H59N3O9. The third-order valence-electron chi connectivity index (χ3n) is 14.1. The minimum atomic E-state index is -1.47. The number of hydrogen-bond donors (Lipinski definition) is 3. The van der Waals surface area contributed by atoms with Crippen LogP contribution in [0.2, 0.25) is 0 Å². The van der Waals surface area contributed by atoms with Crippen LogP contribution in [-0.4, -0.2) is 90.5 Å². The fourth-order valence-corrected chi connectivity index (χ4v) is 10.9. The number of esters is 1. The predicted octanol–water partition coefficient (Wildman–Crippen LogP) is 5.48. The van der Waals surface area contributed by atoms with E-state index in [9.17, 15) is 29.1 Å². The highest BCUT2D eigenvalue weighted by Crippen LogP contribution is 2.70. The molecule has 4 aliphatic carbocycles. The summed E-state index contributed by atoms with van der Waals surface area (Å²) < 4.78 is 19.2. The molecule has 0 unspecified atom stereocenters. The summed E-state index contributed by atoms with van der Waals surface area (Å²) in [7, 11) is 3.51. The number of nitrogens with one attached hydrogen (secondary N) is 2. The van der Waals surface area contributed by atoms with Gasteiger partial charge in [0, 0.05) is 33.9 Å². The largest absolute Gasteiger partial charge is 0.457 e. The maximum atomic E-state index is 14.7. The number of aliphatic hydroxyl groups is 1. The minimum absolute atomic E-state index is 0.0256. The number of allylic oxidation sites excluding steroid dienone is 4. The molecule has 1 saturated heterocycles. The molecule has 1 heterocycles. The molecule has 4 fully saturated rings. The number of Topliss-reactive ketones (excluding diaryl/α,β-unsaturated/α-hetero) is 1. The highest BCUT2D eigenvalue weighted by Gasteiger charge is 2.76. The van der Waals surface area contributed by atoms with Gasteiger partial charge in [-0.15, -0.1) is 0 Å². The Morgan fingerprint density at radius 2 is 1.78 bits per heavy atom. The standard InChI is InChI=1S/C47H59N3O9/c1-8-27(2)42(55)48-28(3)43(56)49-33-11-9-10-30(21-33)20-29-12-14-31(15-13-29)44-58-39-23-36-35-17-16-32-22-34(51)18-19-45(32,4)41(35)37(52)24-46(36,5)47(39,59-44)38(53)26-57-40(54)25-50(6)7/h9-15,18-19,21-22,27-28,35-37,39,41,44,52H,8,16-17,20,23-26H2,1-7H3,(H,48,55)(H,49,56)/t27-,28+,35+,36+,37+,39-,41-,44-,45+,46+,47-/m1/s1. The number of benzene rings is 2. The molecule has 12 nitrogen and oxygen atoms in total. The van der Waals surface area contributed by atoms with Gasteiger partial charge in [0.25, 0.3) is 0 Å². The van der Waals surface area contributed by atoms with Crippen molar-refractivity contribution in [1.82, 2.24) is 10.2 Å². The summed E-state index contributed by atoms with van der Waals surface area (Å²) in [4.78, 5) is 66.5. The van der Waals surface area contributed by atoms with E-state index >= 15 is 0 Å². The molecule has 7 rings (SSSR count). The Kier molecular flexibility index (Phi) is 11.9. The first-order valence-electron chi connectivity index (χ1n) is 21.1. The van der Waals surface area contributed by atoms with Crippen molar-refractivity contribution in [3.63, 3.8) is 0 Å². The molecule has 59 heavy (non-hydrogen) atoms. The highest BCUT2D eigenvalue weighted by atomic mass is 16.7. The van der Waals surface area contributed by atoms with Crippen LogP contribution in [0.3, 0.4) is 0 Å². The van der Waals surface area contributed by atoms with Crippen molar-refractivity contribution in [2.75, 3.05) is 32.6 Å². The van der Waals surface area contributed by atoms with Gasteiger partial charge in [0.1, 0.15) is 6.04 Å². The Morgan fingerprint density at radius 1 is 1.03 bits per heavy atom. The van der Waals surface area contributed by atoms with Crippen LogP contribution in [-0.2, 0) is 44.6 Å². The topological polar surface area (TPSA) is 161 Å². The number of carbonyl (C=O) groups excluding carboxylic acids is 5. The van der Waals surface area contributed by atoms with E-state index in [0.717, 1.165) is 35.1 Å². The number of rotatable bonds is 13. The van der Waals surface area contributed by atoms with Gasteiger partial charge in [-0.1, -0.05) is 75.7 Å². The summed E-state index contributed by atoms with van der Waals surface area (Å²) in [5.74, 6) is -1.65. The van der Waals surface area contributed by atoms with Crippen LogP contribution in [0.5, 0.6) is 0 Å². The smallest absolute Gasteiger partial charge is 0.320 e. The fourth-order valence-electron chi connectivity index (χ4n) is 10.9. The summed E-state index contributed by atoms with van der Waals surface area (Å²) in [6, 6.07) is 14.7. The summed E-state index contributed by atoms with van der Waals surface area (Å²) in [6.07, 6.45) is 6.64. The lowest BCUT2D eigenvalue weighted by atomic mass is 9.46. The lowest BCUT2D eigenvalue weighted by molar-refractivity contribution is -0.202. The summed E-state index contributed by atoms with van der Waals surface area (Å²) in [5.41, 5.74) is 1.63. The first kappa shape index (κ1) is 42.6. The molecule has 0 bridgehead atoms. The van der Waals surface area contributed by atoms with Gasteiger partial charge in [-0.05, 0) is 107 Å². The normalized spacial score (nSPS) is 32.8. The van der Waals surface area contributed by atoms with Crippen molar-refractivity contribution >= 4 is 35.0 Å². The third kappa shape index (κ3) is 7.85. The molecule has 316 valence electrons. The minimum Gasteiger partial charge on any atom is -0.457 e. The second-order valence-electron chi connectivity index (χ2n) is 18.2. The zero-order valence-electron chi connectivity index (χ0n) is 35.3. The summed E-state index contributed by atoms with van der Waals surface area (Å²) in [5, 5.41) is 17.8. The van der Waals surface area contributed by atoms with Crippen LogP contribution in [0, 0.1) is 34.5 Å². The number of aliphatic hydroxyl groups excluding tert-OH is 1. The van der Waals surface area contributed by atoms with Crippen molar-refractivity contribution in [3.8, 4) is 0 Å². The van der Waals surface area contributed by atoms with Gasteiger partial charge in [0.15, 0.2) is 24.3 Å².